The number of ketones is 1. The Morgan fingerprint density at radius 1 is 1.29 bits per heavy atom. The lowest BCUT2D eigenvalue weighted by atomic mass is 9.94. The van der Waals surface area contributed by atoms with Gasteiger partial charge in [-0.2, -0.15) is 0 Å². The SMILES string of the molecule is O=C(O)c1ccc2[nH]c3c(c2c1)C(=O)CCC3. The van der Waals surface area contributed by atoms with Crippen LogP contribution < -0.4 is 0 Å². The average Bonchev–Trinajstić information content (AvgIpc) is 2.67. The van der Waals surface area contributed by atoms with E-state index in [1.807, 2.05) is 0 Å². The lowest BCUT2D eigenvalue weighted by Gasteiger charge is -2.09. The number of aromatic amines is 1. The van der Waals surface area contributed by atoms with Crippen LogP contribution in [0.5, 0.6) is 0 Å². The van der Waals surface area contributed by atoms with Gasteiger partial charge in [-0.1, -0.05) is 0 Å². The molecule has 0 saturated carbocycles. The highest BCUT2D eigenvalue weighted by Crippen LogP contribution is 2.29. The third-order valence-electron chi connectivity index (χ3n) is 3.23. The van der Waals surface area contributed by atoms with Gasteiger partial charge in [-0.05, 0) is 31.0 Å². The molecule has 0 unspecified atom stereocenters. The first-order chi connectivity index (χ1) is 8.16. The minimum atomic E-state index is -0.967. The fourth-order valence-corrected chi connectivity index (χ4v) is 2.44. The third kappa shape index (κ3) is 1.45. The second-order valence-electron chi connectivity index (χ2n) is 4.32. The molecular weight excluding hydrogens is 218 g/mol. The summed E-state index contributed by atoms with van der Waals surface area (Å²) in [7, 11) is 0. The molecular formula is C13H11NO3. The van der Waals surface area contributed by atoms with Gasteiger partial charge in [0.15, 0.2) is 5.78 Å². The molecule has 4 heteroatoms. The average molecular weight is 229 g/mol. The first-order valence-electron chi connectivity index (χ1n) is 5.58. The van der Waals surface area contributed by atoms with E-state index in [1.165, 1.54) is 0 Å². The Kier molecular flexibility index (Phi) is 2.04. The molecule has 2 aromatic rings. The molecule has 0 fully saturated rings. The number of aryl methyl sites for hydroxylation is 1. The summed E-state index contributed by atoms with van der Waals surface area (Å²) in [5.74, 6) is -0.856. The zero-order chi connectivity index (χ0) is 12.0. The van der Waals surface area contributed by atoms with Crippen LogP contribution in [0, 0.1) is 0 Å². The van der Waals surface area contributed by atoms with Crippen LogP contribution >= 0.6 is 0 Å². The largest absolute Gasteiger partial charge is 0.478 e. The fourth-order valence-electron chi connectivity index (χ4n) is 2.44. The molecule has 86 valence electrons. The quantitative estimate of drug-likeness (QED) is 0.788. The number of nitrogens with one attached hydrogen (secondary N) is 1. The van der Waals surface area contributed by atoms with Gasteiger partial charge in [-0.3, -0.25) is 4.79 Å². The van der Waals surface area contributed by atoms with Crippen LogP contribution in [0.1, 0.15) is 39.3 Å². The molecule has 1 aliphatic rings. The highest BCUT2D eigenvalue weighted by atomic mass is 16.4. The molecule has 0 atom stereocenters. The second-order valence-corrected chi connectivity index (χ2v) is 4.32. The minimum absolute atomic E-state index is 0.111. The molecule has 2 N–H and O–H groups in total. The van der Waals surface area contributed by atoms with E-state index in [-0.39, 0.29) is 11.3 Å². The van der Waals surface area contributed by atoms with Crippen molar-refractivity contribution in [3.63, 3.8) is 0 Å². The van der Waals surface area contributed by atoms with Crippen molar-refractivity contribution in [3.8, 4) is 0 Å². The number of hydrogen-bond donors (Lipinski definition) is 2. The molecule has 1 aromatic heterocycles. The van der Waals surface area contributed by atoms with Crippen molar-refractivity contribution in [3.05, 3.63) is 35.0 Å². The maximum Gasteiger partial charge on any atom is 0.335 e. The lowest BCUT2D eigenvalue weighted by Crippen LogP contribution is -2.09. The smallest absolute Gasteiger partial charge is 0.335 e. The molecule has 0 aliphatic heterocycles. The monoisotopic (exact) mass is 229 g/mol. The van der Waals surface area contributed by atoms with Gasteiger partial charge in [-0.25, -0.2) is 4.79 Å². The van der Waals surface area contributed by atoms with Crippen molar-refractivity contribution in [1.82, 2.24) is 4.98 Å². The number of carbonyl (C=O) groups is 2. The Morgan fingerprint density at radius 2 is 2.12 bits per heavy atom. The predicted octanol–water partition coefficient (Wildman–Crippen LogP) is 2.39. The van der Waals surface area contributed by atoms with Gasteiger partial charge in [-0.15, -0.1) is 0 Å². The van der Waals surface area contributed by atoms with Gasteiger partial charge in [0.1, 0.15) is 0 Å². The summed E-state index contributed by atoms with van der Waals surface area (Å²) in [6, 6.07) is 4.86. The van der Waals surface area contributed by atoms with Crippen molar-refractivity contribution in [1.29, 1.82) is 0 Å². The zero-order valence-corrected chi connectivity index (χ0v) is 9.12. The third-order valence-corrected chi connectivity index (χ3v) is 3.23. The molecule has 1 heterocycles. The molecule has 4 nitrogen and oxygen atoms in total. The minimum Gasteiger partial charge on any atom is -0.478 e. The van der Waals surface area contributed by atoms with Crippen LogP contribution in [0.3, 0.4) is 0 Å². The van der Waals surface area contributed by atoms with Gasteiger partial charge >= 0.3 is 5.97 Å². The van der Waals surface area contributed by atoms with Gasteiger partial charge < -0.3 is 10.1 Å². The second kappa shape index (κ2) is 3.45. The van der Waals surface area contributed by atoms with Crippen LogP contribution in [0.15, 0.2) is 18.2 Å². The van der Waals surface area contributed by atoms with E-state index < -0.39 is 5.97 Å². The topological polar surface area (TPSA) is 70.2 Å². The summed E-state index contributed by atoms with van der Waals surface area (Å²) < 4.78 is 0. The summed E-state index contributed by atoms with van der Waals surface area (Å²) in [6.45, 7) is 0. The number of aromatic carboxylic acids is 1. The predicted molar refractivity (Wildman–Crippen MR) is 62.5 cm³/mol. The van der Waals surface area contributed by atoms with E-state index in [4.69, 9.17) is 5.11 Å². The molecule has 0 amide bonds. The number of carbonyl (C=O) groups excluding carboxylic acids is 1. The Labute approximate surface area is 97.3 Å². The first kappa shape index (κ1) is 10.1. The molecule has 0 saturated heterocycles. The van der Waals surface area contributed by atoms with Crippen molar-refractivity contribution in [2.45, 2.75) is 19.3 Å². The van der Waals surface area contributed by atoms with E-state index in [2.05, 4.69) is 4.98 Å². The Morgan fingerprint density at radius 3 is 2.88 bits per heavy atom. The maximum atomic E-state index is 11.9. The van der Waals surface area contributed by atoms with Gasteiger partial charge in [0.2, 0.25) is 0 Å². The number of fused-ring (bicyclic) bond motifs is 3. The molecule has 1 aliphatic carbocycles. The van der Waals surface area contributed by atoms with Gasteiger partial charge in [0, 0.05) is 28.6 Å². The molecule has 0 radical (unpaired) electrons. The van der Waals surface area contributed by atoms with Crippen molar-refractivity contribution >= 4 is 22.7 Å². The Hall–Kier alpha value is -2.10. The van der Waals surface area contributed by atoms with Crippen molar-refractivity contribution < 1.29 is 14.7 Å². The number of carboxylic acid groups (broad SMARTS) is 1. The van der Waals surface area contributed by atoms with E-state index >= 15 is 0 Å². The van der Waals surface area contributed by atoms with E-state index in [9.17, 15) is 9.59 Å². The summed E-state index contributed by atoms with van der Waals surface area (Å²) in [5, 5.41) is 9.70. The van der Waals surface area contributed by atoms with Crippen LogP contribution in [0.4, 0.5) is 0 Å². The molecule has 1 aromatic carbocycles. The van der Waals surface area contributed by atoms with Gasteiger partial charge in [0.05, 0.1) is 5.56 Å². The van der Waals surface area contributed by atoms with Crippen LogP contribution in [-0.4, -0.2) is 21.8 Å². The number of carboxylic acids is 1. The summed E-state index contributed by atoms with van der Waals surface area (Å²) in [5.41, 5.74) is 2.70. The van der Waals surface area contributed by atoms with Crippen molar-refractivity contribution in [2.75, 3.05) is 0 Å². The first-order valence-corrected chi connectivity index (χ1v) is 5.58. The summed E-state index contributed by atoms with van der Waals surface area (Å²) in [4.78, 5) is 26.0. The summed E-state index contributed by atoms with van der Waals surface area (Å²) in [6.07, 6.45) is 2.28. The maximum absolute atomic E-state index is 11.9. The van der Waals surface area contributed by atoms with E-state index in [1.54, 1.807) is 18.2 Å². The van der Waals surface area contributed by atoms with Gasteiger partial charge in [0.25, 0.3) is 0 Å². The van der Waals surface area contributed by atoms with E-state index in [0.717, 1.165) is 29.4 Å². The standard InChI is InChI=1S/C13H11NO3/c15-11-3-1-2-10-12(11)8-6-7(13(16)17)4-5-9(8)14-10/h4-6,14H,1-3H2,(H,16,17). The highest BCUT2D eigenvalue weighted by molar-refractivity contribution is 6.11. The molecule has 17 heavy (non-hydrogen) atoms. The summed E-state index contributed by atoms with van der Waals surface area (Å²) >= 11 is 0. The Bertz CT molecular complexity index is 639. The molecule has 0 bridgehead atoms. The number of H-pyrrole nitrogens is 1. The zero-order valence-electron chi connectivity index (χ0n) is 9.12. The molecule has 3 rings (SSSR count). The van der Waals surface area contributed by atoms with Crippen molar-refractivity contribution in [2.24, 2.45) is 0 Å². The highest BCUT2D eigenvalue weighted by Gasteiger charge is 2.22. The molecule has 0 spiro atoms. The normalized spacial score (nSPS) is 14.9. The van der Waals surface area contributed by atoms with Crippen LogP contribution in [0.2, 0.25) is 0 Å². The van der Waals surface area contributed by atoms with E-state index in [0.29, 0.717) is 12.0 Å². The number of rotatable bonds is 1. The fraction of sp³-hybridized carbons (Fsp3) is 0.231. The van der Waals surface area contributed by atoms with Crippen LogP contribution in [-0.2, 0) is 6.42 Å². The number of benzene rings is 1. The number of Topliss-reactive ketones (excluding diaryl/α,β-unsaturated/α-hetero) is 1. The number of aromatic nitrogens is 1. The lowest BCUT2D eigenvalue weighted by molar-refractivity contribution is 0.0696. The number of hydrogen-bond acceptors (Lipinski definition) is 2. The Balaban J connectivity index is 2.31. The van der Waals surface area contributed by atoms with Crippen LogP contribution in [0.25, 0.3) is 10.9 Å².